The summed E-state index contributed by atoms with van der Waals surface area (Å²) in [5, 5.41) is 3.51. The topological polar surface area (TPSA) is 12.0 Å². The van der Waals surface area contributed by atoms with Crippen molar-refractivity contribution in [2.45, 2.75) is 39.2 Å². The molecule has 0 bridgehead atoms. The number of hydrogen-bond donors (Lipinski definition) is 1. The molecule has 2 heteroatoms. The van der Waals surface area contributed by atoms with Crippen molar-refractivity contribution in [1.29, 1.82) is 0 Å². The normalized spacial score (nSPS) is 10.7. The number of hydrogen-bond acceptors (Lipinski definition) is 2. The van der Waals surface area contributed by atoms with Gasteiger partial charge in [-0.2, -0.15) is 11.8 Å². The second-order valence-electron chi connectivity index (χ2n) is 4.57. The number of nitrogens with one attached hydrogen (secondary N) is 1. The van der Waals surface area contributed by atoms with E-state index in [0.717, 1.165) is 13.1 Å². The Morgan fingerprint density at radius 3 is 2.71 bits per heavy atom. The first-order valence-electron chi connectivity index (χ1n) is 6.58. The second-order valence-corrected chi connectivity index (χ2v) is 5.56. The average Bonchev–Trinajstić information content (AvgIpc) is 2.33. The zero-order valence-corrected chi connectivity index (χ0v) is 12.0. The highest BCUT2D eigenvalue weighted by Crippen LogP contribution is 2.05. The average molecular weight is 251 g/mol. The van der Waals surface area contributed by atoms with Crippen molar-refractivity contribution in [2.24, 2.45) is 0 Å². The molecule has 0 unspecified atom stereocenters. The molecule has 0 saturated carbocycles. The van der Waals surface area contributed by atoms with Gasteiger partial charge in [0.05, 0.1) is 0 Å². The van der Waals surface area contributed by atoms with Gasteiger partial charge < -0.3 is 5.32 Å². The molecule has 1 aromatic carbocycles. The van der Waals surface area contributed by atoms with Crippen LogP contribution in [-0.2, 0) is 6.54 Å². The Bertz CT molecular complexity index is 299. The molecule has 0 saturated heterocycles. The van der Waals surface area contributed by atoms with Crippen LogP contribution in [0.25, 0.3) is 0 Å². The number of thioether (sulfide) groups is 1. The second kappa shape index (κ2) is 9.55. The zero-order chi connectivity index (χ0) is 12.3. The quantitative estimate of drug-likeness (QED) is 0.666. The monoisotopic (exact) mass is 251 g/mol. The van der Waals surface area contributed by atoms with E-state index in [1.54, 1.807) is 0 Å². The minimum absolute atomic E-state index is 1.01. The summed E-state index contributed by atoms with van der Waals surface area (Å²) in [6.07, 6.45) is 7.61. The van der Waals surface area contributed by atoms with E-state index in [9.17, 15) is 0 Å². The van der Waals surface area contributed by atoms with E-state index in [2.05, 4.69) is 42.8 Å². The van der Waals surface area contributed by atoms with Gasteiger partial charge >= 0.3 is 0 Å². The maximum absolute atomic E-state index is 3.51. The molecule has 1 aromatic rings. The van der Waals surface area contributed by atoms with Crippen LogP contribution in [0.4, 0.5) is 0 Å². The van der Waals surface area contributed by atoms with Gasteiger partial charge in [-0.1, -0.05) is 42.7 Å². The predicted octanol–water partition coefficient (Wildman–Crippen LogP) is 4.01. The van der Waals surface area contributed by atoms with Crippen LogP contribution in [0, 0.1) is 6.92 Å². The lowest BCUT2D eigenvalue weighted by Gasteiger charge is -2.05. The smallest absolute Gasteiger partial charge is 0.0205 e. The van der Waals surface area contributed by atoms with Crippen LogP contribution in [0.15, 0.2) is 24.3 Å². The Labute approximate surface area is 110 Å². The first-order chi connectivity index (χ1) is 8.33. The predicted molar refractivity (Wildman–Crippen MR) is 79.7 cm³/mol. The van der Waals surface area contributed by atoms with Gasteiger partial charge in [0.2, 0.25) is 0 Å². The summed E-state index contributed by atoms with van der Waals surface area (Å²) in [6.45, 7) is 4.30. The summed E-state index contributed by atoms with van der Waals surface area (Å²) in [4.78, 5) is 0. The molecule has 1 rings (SSSR count). The highest BCUT2D eigenvalue weighted by atomic mass is 32.2. The third kappa shape index (κ3) is 7.45. The molecule has 0 radical (unpaired) electrons. The first kappa shape index (κ1) is 14.6. The molecular formula is C15H25NS. The highest BCUT2D eigenvalue weighted by molar-refractivity contribution is 7.98. The van der Waals surface area contributed by atoms with Crippen molar-refractivity contribution in [3.63, 3.8) is 0 Å². The number of unbranched alkanes of at least 4 members (excludes halogenated alkanes) is 3. The van der Waals surface area contributed by atoms with Gasteiger partial charge in [0.1, 0.15) is 0 Å². The summed E-state index contributed by atoms with van der Waals surface area (Å²) in [7, 11) is 0. The van der Waals surface area contributed by atoms with E-state index in [1.165, 1.54) is 42.6 Å². The van der Waals surface area contributed by atoms with Gasteiger partial charge in [-0.25, -0.2) is 0 Å². The SMILES string of the molecule is CSCCCCCCNCc1cccc(C)c1. The van der Waals surface area contributed by atoms with E-state index >= 15 is 0 Å². The molecule has 0 spiro atoms. The summed E-state index contributed by atoms with van der Waals surface area (Å²) in [5.74, 6) is 1.32. The van der Waals surface area contributed by atoms with E-state index in [0.29, 0.717) is 0 Å². The Balaban J connectivity index is 1.97. The molecule has 1 nitrogen and oxygen atoms in total. The molecule has 17 heavy (non-hydrogen) atoms. The van der Waals surface area contributed by atoms with Crippen molar-refractivity contribution < 1.29 is 0 Å². The lowest BCUT2D eigenvalue weighted by atomic mass is 10.1. The lowest BCUT2D eigenvalue weighted by molar-refractivity contribution is 0.599. The molecule has 0 aromatic heterocycles. The summed E-state index contributed by atoms with van der Waals surface area (Å²) < 4.78 is 0. The van der Waals surface area contributed by atoms with Gasteiger partial charge in [-0.05, 0) is 43.9 Å². The molecular weight excluding hydrogens is 226 g/mol. The van der Waals surface area contributed by atoms with Crippen molar-refractivity contribution in [1.82, 2.24) is 5.32 Å². The number of aryl methyl sites for hydroxylation is 1. The minimum atomic E-state index is 1.01. The molecule has 0 aliphatic carbocycles. The third-order valence-corrected chi connectivity index (χ3v) is 3.56. The van der Waals surface area contributed by atoms with Crippen LogP contribution in [0.3, 0.4) is 0 Å². The molecule has 96 valence electrons. The Morgan fingerprint density at radius 2 is 1.94 bits per heavy atom. The maximum atomic E-state index is 3.51. The van der Waals surface area contributed by atoms with Gasteiger partial charge in [0.15, 0.2) is 0 Å². The third-order valence-electron chi connectivity index (χ3n) is 2.86. The highest BCUT2D eigenvalue weighted by Gasteiger charge is 1.93. The fourth-order valence-electron chi connectivity index (χ4n) is 1.90. The molecule has 0 heterocycles. The van der Waals surface area contributed by atoms with Crippen LogP contribution in [0.2, 0.25) is 0 Å². The Hall–Kier alpha value is -0.470. The van der Waals surface area contributed by atoms with E-state index in [4.69, 9.17) is 0 Å². The first-order valence-corrected chi connectivity index (χ1v) is 7.97. The minimum Gasteiger partial charge on any atom is -0.313 e. The van der Waals surface area contributed by atoms with Crippen LogP contribution in [-0.4, -0.2) is 18.6 Å². The van der Waals surface area contributed by atoms with E-state index in [1.807, 2.05) is 11.8 Å². The maximum Gasteiger partial charge on any atom is 0.0205 e. The lowest BCUT2D eigenvalue weighted by Crippen LogP contribution is -2.14. The molecule has 0 fully saturated rings. The molecule has 0 aliphatic heterocycles. The standard InChI is InChI=1S/C15H25NS/c1-14-8-7-9-15(12-14)13-16-10-5-3-4-6-11-17-2/h7-9,12,16H,3-6,10-11,13H2,1-2H3. The zero-order valence-electron chi connectivity index (χ0n) is 11.2. The number of rotatable bonds is 9. The molecule has 1 N–H and O–H groups in total. The van der Waals surface area contributed by atoms with E-state index in [-0.39, 0.29) is 0 Å². The summed E-state index contributed by atoms with van der Waals surface area (Å²) in [5.41, 5.74) is 2.74. The summed E-state index contributed by atoms with van der Waals surface area (Å²) in [6, 6.07) is 8.73. The number of benzene rings is 1. The Kier molecular flexibility index (Phi) is 8.20. The Morgan fingerprint density at radius 1 is 1.12 bits per heavy atom. The fraction of sp³-hybridized carbons (Fsp3) is 0.600. The fourth-order valence-corrected chi connectivity index (χ4v) is 2.40. The van der Waals surface area contributed by atoms with Crippen LogP contribution >= 0.6 is 11.8 Å². The van der Waals surface area contributed by atoms with Crippen LogP contribution in [0.1, 0.15) is 36.8 Å². The largest absolute Gasteiger partial charge is 0.313 e. The molecule has 0 aliphatic rings. The van der Waals surface area contributed by atoms with Gasteiger partial charge in [-0.3, -0.25) is 0 Å². The van der Waals surface area contributed by atoms with Crippen molar-refractivity contribution in [3.8, 4) is 0 Å². The van der Waals surface area contributed by atoms with Gasteiger partial charge in [-0.15, -0.1) is 0 Å². The summed E-state index contributed by atoms with van der Waals surface area (Å²) >= 11 is 1.95. The van der Waals surface area contributed by atoms with Crippen molar-refractivity contribution >= 4 is 11.8 Å². The van der Waals surface area contributed by atoms with Gasteiger partial charge in [0, 0.05) is 6.54 Å². The van der Waals surface area contributed by atoms with Crippen molar-refractivity contribution in [2.75, 3.05) is 18.6 Å². The molecule has 0 atom stereocenters. The van der Waals surface area contributed by atoms with Gasteiger partial charge in [0.25, 0.3) is 0 Å². The van der Waals surface area contributed by atoms with Crippen LogP contribution < -0.4 is 5.32 Å². The van der Waals surface area contributed by atoms with E-state index < -0.39 is 0 Å². The van der Waals surface area contributed by atoms with Crippen LogP contribution in [0.5, 0.6) is 0 Å². The van der Waals surface area contributed by atoms with Crippen molar-refractivity contribution in [3.05, 3.63) is 35.4 Å². The molecule has 0 amide bonds.